The standard InChI is InChI=1S/C14H15N3O2/c1-16-7-2-8-17-13(16)12(9-15-17)10-3-5-11(6-4-10)14(18)19/h3-6,9H,2,7-8H2,1H3,(H,18,19). The molecule has 19 heavy (non-hydrogen) atoms. The summed E-state index contributed by atoms with van der Waals surface area (Å²) in [6, 6.07) is 6.93. The van der Waals surface area contributed by atoms with Gasteiger partial charge in [0.05, 0.1) is 11.8 Å². The Morgan fingerprint density at radius 1 is 1.26 bits per heavy atom. The highest BCUT2D eigenvalue weighted by molar-refractivity contribution is 5.88. The fourth-order valence-corrected chi connectivity index (χ4v) is 2.50. The smallest absolute Gasteiger partial charge is 0.335 e. The first-order valence-electron chi connectivity index (χ1n) is 6.27. The summed E-state index contributed by atoms with van der Waals surface area (Å²) in [5.41, 5.74) is 2.36. The van der Waals surface area contributed by atoms with Gasteiger partial charge in [-0.05, 0) is 24.1 Å². The number of carbonyl (C=O) groups is 1. The minimum Gasteiger partial charge on any atom is -0.478 e. The molecule has 0 spiro atoms. The van der Waals surface area contributed by atoms with Crippen LogP contribution in [0.15, 0.2) is 30.5 Å². The Hall–Kier alpha value is -2.30. The molecule has 0 radical (unpaired) electrons. The Morgan fingerprint density at radius 2 is 2.00 bits per heavy atom. The zero-order valence-corrected chi connectivity index (χ0v) is 10.7. The lowest BCUT2D eigenvalue weighted by molar-refractivity contribution is 0.0697. The summed E-state index contributed by atoms with van der Waals surface area (Å²) in [5.74, 6) is 0.204. The summed E-state index contributed by atoms with van der Waals surface area (Å²) in [6.45, 7) is 1.96. The normalized spacial score (nSPS) is 14.3. The molecule has 98 valence electrons. The van der Waals surface area contributed by atoms with E-state index in [4.69, 9.17) is 5.11 Å². The molecule has 1 aliphatic rings. The SMILES string of the molecule is CN1CCCn2ncc(-c3ccc(C(=O)O)cc3)c21. The van der Waals surface area contributed by atoms with Gasteiger partial charge in [-0.3, -0.25) is 0 Å². The van der Waals surface area contributed by atoms with Crippen molar-refractivity contribution >= 4 is 11.8 Å². The number of hydrogen-bond acceptors (Lipinski definition) is 3. The lowest BCUT2D eigenvalue weighted by Gasteiger charge is -2.26. The number of anilines is 1. The maximum Gasteiger partial charge on any atom is 0.335 e. The summed E-state index contributed by atoms with van der Waals surface area (Å²) in [4.78, 5) is 13.1. The van der Waals surface area contributed by atoms with Gasteiger partial charge in [-0.1, -0.05) is 12.1 Å². The predicted octanol–water partition coefficient (Wildman–Crippen LogP) is 2.09. The Morgan fingerprint density at radius 3 is 2.68 bits per heavy atom. The molecule has 1 aromatic carbocycles. The molecular weight excluding hydrogens is 242 g/mol. The number of rotatable bonds is 2. The van der Waals surface area contributed by atoms with E-state index < -0.39 is 5.97 Å². The van der Waals surface area contributed by atoms with Crippen molar-refractivity contribution in [2.45, 2.75) is 13.0 Å². The van der Waals surface area contributed by atoms with Crippen LogP contribution in [0.25, 0.3) is 11.1 Å². The molecule has 0 unspecified atom stereocenters. The van der Waals surface area contributed by atoms with E-state index in [0.29, 0.717) is 5.56 Å². The molecule has 0 saturated heterocycles. The Labute approximate surface area is 111 Å². The van der Waals surface area contributed by atoms with Crippen LogP contribution in [0.2, 0.25) is 0 Å². The van der Waals surface area contributed by atoms with E-state index in [1.807, 2.05) is 23.0 Å². The summed E-state index contributed by atoms with van der Waals surface area (Å²) >= 11 is 0. The van der Waals surface area contributed by atoms with Crippen LogP contribution in [0.4, 0.5) is 5.82 Å². The zero-order chi connectivity index (χ0) is 13.4. The van der Waals surface area contributed by atoms with E-state index in [9.17, 15) is 4.79 Å². The maximum atomic E-state index is 10.9. The van der Waals surface area contributed by atoms with Gasteiger partial charge in [0, 0.05) is 25.7 Å². The molecule has 1 aliphatic heterocycles. The number of fused-ring (bicyclic) bond motifs is 1. The summed E-state index contributed by atoms with van der Waals surface area (Å²) in [5, 5.41) is 13.3. The summed E-state index contributed by atoms with van der Waals surface area (Å²) in [6.07, 6.45) is 2.95. The van der Waals surface area contributed by atoms with Crippen molar-refractivity contribution in [3.05, 3.63) is 36.0 Å². The third kappa shape index (κ3) is 1.97. The Bertz CT molecular complexity index is 616. The first-order chi connectivity index (χ1) is 9.16. The number of aromatic carboxylic acids is 1. The van der Waals surface area contributed by atoms with Crippen LogP contribution in [0.1, 0.15) is 16.8 Å². The third-order valence-corrected chi connectivity index (χ3v) is 3.48. The molecule has 1 aromatic heterocycles. The number of aromatic nitrogens is 2. The molecule has 0 fully saturated rings. The van der Waals surface area contributed by atoms with Gasteiger partial charge in [-0.2, -0.15) is 5.10 Å². The van der Waals surface area contributed by atoms with Crippen LogP contribution < -0.4 is 4.90 Å². The van der Waals surface area contributed by atoms with Crippen LogP contribution in [-0.4, -0.2) is 34.4 Å². The number of carboxylic acid groups (broad SMARTS) is 1. The van der Waals surface area contributed by atoms with Gasteiger partial charge in [-0.15, -0.1) is 0 Å². The molecule has 0 saturated carbocycles. The first kappa shape index (κ1) is 11.8. The van der Waals surface area contributed by atoms with Gasteiger partial charge in [0.2, 0.25) is 0 Å². The second-order valence-corrected chi connectivity index (χ2v) is 4.76. The van der Waals surface area contributed by atoms with Crippen LogP contribution in [0.3, 0.4) is 0 Å². The number of carboxylic acids is 1. The molecular formula is C14H15N3O2. The lowest BCUT2D eigenvalue weighted by Crippen LogP contribution is -2.28. The molecule has 2 aromatic rings. The summed E-state index contributed by atoms with van der Waals surface area (Å²) < 4.78 is 2.00. The molecule has 3 rings (SSSR count). The van der Waals surface area contributed by atoms with Crippen molar-refractivity contribution in [2.75, 3.05) is 18.5 Å². The van der Waals surface area contributed by atoms with Crippen LogP contribution in [0, 0.1) is 0 Å². The molecule has 5 nitrogen and oxygen atoms in total. The minimum atomic E-state index is -0.902. The zero-order valence-electron chi connectivity index (χ0n) is 10.7. The fourth-order valence-electron chi connectivity index (χ4n) is 2.50. The predicted molar refractivity (Wildman–Crippen MR) is 72.5 cm³/mol. The van der Waals surface area contributed by atoms with Crippen molar-refractivity contribution in [1.82, 2.24) is 9.78 Å². The van der Waals surface area contributed by atoms with E-state index in [0.717, 1.165) is 36.5 Å². The highest BCUT2D eigenvalue weighted by atomic mass is 16.4. The van der Waals surface area contributed by atoms with E-state index in [2.05, 4.69) is 17.0 Å². The van der Waals surface area contributed by atoms with Gasteiger partial charge in [0.25, 0.3) is 0 Å². The van der Waals surface area contributed by atoms with E-state index in [1.54, 1.807) is 12.1 Å². The lowest BCUT2D eigenvalue weighted by atomic mass is 10.1. The molecule has 0 amide bonds. The van der Waals surface area contributed by atoms with Gasteiger partial charge in [-0.25, -0.2) is 9.48 Å². The minimum absolute atomic E-state index is 0.304. The molecule has 0 bridgehead atoms. The average Bonchev–Trinajstić information content (AvgIpc) is 2.84. The Kier molecular flexibility index (Phi) is 2.74. The number of nitrogens with zero attached hydrogens (tertiary/aromatic N) is 3. The van der Waals surface area contributed by atoms with Crippen molar-refractivity contribution < 1.29 is 9.90 Å². The van der Waals surface area contributed by atoms with Gasteiger partial charge in [0.1, 0.15) is 5.82 Å². The highest BCUT2D eigenvalue weighted by Gasteiger charge is 2.19. The highest BCUT2D eigenvalue weighted by Crippen LogP contribution is 2.32. The van der Waals surface area contributed by atoms with Crippen LogP contribution >= 0.6 is 0 Å². The largest absolute Gasteiger partial charge is 0.478 e. The van der Waals surface area contributed by atoms with Crippen molar-refractivity contribution in [3.63, 3.8) is 0 Å². The topological polar surface area (TPSA) is 58.4 Å². The van der Waals surface area contributed by atoms with Gasteiger partial charge in [0.15, 0.2) is 0 Å². The van der Waals surface area contributed by atoms with E-state index in [-0.39, 0.29) is 0 Å². The van der Waals surface area contributed by atoms with Crippen LogP contribution in [0.5, 0.6) is 0 Å². The first-order valence-corrected chi connectivity index (χ1v) is 6.27. The monoisotopic (exact) mass is 257 g/mol. The molecule has 2 heterocycles. The number of aryl methyl sites for hydroxylation is 1. The molecule has 0 aliphatic carbocycles. The van der Waals surface area contributed by atoms with Crippen molar-refractivity contribution in [2.24, 2.45) is 0 Å². The third-order valence-electron chi connectivity index (χ3n) is 3.48. The Balaban J connectivity index is 2.03. The quantitative estimate of drug-likeness (QED) is 0.895. The van der Waals surface area contributed by atoms with Crippen molar-refractivity contribution in [3.8, 4) is 11.1 Å². The number of hydrogen-bond donors (Lipinski definition) is 1. The molecule has 5 heteroatoms. The van der Waals surface area contributed by atoms with Gasteiger partial charge >= 0.3 is 5.97 Å². The summed E-state index contributed by atoms with van der Waals surface area (Å²) in [7, 11) is 2.06. The number of benzene rings is 1. The second-order valence-electron chi connectivity index (χ2n) is 4.76. The van der Waals surface area contributed by atoms with E-state index in [1.165, 1.54) is 0 Å². The van der Waals surface area contributed by atoms with Gasteiger partial charge < -0.3 is 10.0 Å². The fraction of sp³-hybridized carbons (Fsp3) is 0.286. The van der Waals surface area contributed by atoms with Crippen molar-refractivity contribution in [1.29, 1.82) is 0 Å². The molecule has 1 N–H and O–H groups in total. The maximum absolute atomic E-state index is 10.9. The molecule has 0 atom stereocenters. The second kappa shape index (κ2) is 4.42. The average molecular weight is 257 g/mol. The van der Waals surface area contributed by atoms with Crippen LogP contribution in [-0.2, 0) is 6.54 Å². The van der Waals surface area contributed by atoms with E-state index >= 15 is 0 Å².